The number of ether oxygens (including phenoxy) is 2. The van der Waals surface area contributed by atoms with Crippen molar-refractivity contribution >= 4 is 0 Å². The molecule has 0 aliphatic heterocycles. The Bertz CT molecular complexity index is 589. The van der Waals surface area contributed by atoms with Gasteiger partial charge in [0.05, 0.1) is 25.3 Å². The van der Waals surface area contributed by atoms with E-state index in [1.165, 1.54) is 11.1 Å². The maximum absolute atomic E-state index is 6.72. The maximum atomic E-state index is 6.72. The lowest BCUT2D eigenvalue weighted by atomic mass is 9.86. The van der Waals surface area contributed by atoms with E-state index in [2.05, 4.69) is 24.3 Å². The van der Waals surface area contributed by atoms with Gasteiger partial charge >= 0.3 is 0 Å². The average molecular weight is 269 g/mol. The Balaban J connectivity index is 2.10. The molecule has 2 aromatic carbocycles. The predicted octanol–water partition coefficient (Wildman–Crippen LogP) is 2.66. The second kappa shape index (κ2) is 4.84. The van der Waals surface area contributed by atoms with Crippen LogP contribution in [0.1, 0.15) is 16.7 Å². The van der Waals surface area contributed by atoms with Crippen LogP contribution in [0.25, 0.3) is 0 Å². The Labute approximate surface area is 119 Å². The van der Waals surface area contributed by atoms with Crippen LogP contribution >= 0.6 is 0 Å². The molecule has 0 saturated heterocycles. The van der Waals surface area contributed by atoms with Crippen molar-refractivity contribution in [3.63, 3.8) is 0 Å². The van der Waals surface area contributed by atoms with Gasteiger partial charge in [0.25, 0.3) is 0 Å². The maximum Gasteiger partial charge on any atom is 0.127 e. The van der Waals surface area contributed by atoms with Gasteiger partial charge in [0.2, 0.25) is 0 Å². The van der Waals surface area contributed by atoms with Gasteiger partial charge in [-0.3, -0.25) is 0 Å². The molecular formula is C17H19NO2. The zero-order valence-corrected chi connectivity index (χ0v) is 11.8. The zero-order chi connectivity index (χ0) is 14.2. The van der Waals surface area contributed by atoms with E-state index >= 15 is 0 Å². The van der Waals surface area contributed by atoms with Crippen LogP contribution in [0.3, 0.4) is 0 Å². The van der Waals surface area contributed by atoms with Crippen LogP contribution in [-0.4, -0.2) is 14.2 Å². The van der Waals surface area contributed by atoms with Crippen LogP contribution in [0, 0.1) is 0 Å². The lowest BCUT2D eigenvalue weighted by molar-refractivity contribution is 0.351. The van der Waals surface area contributed by atoms with E-state index in [4.69, 9.17) is 15.2 Å². The van der Waals surface area contributed by atoms with E-state index in [0.29, 0.717) is 0 Å². The van der Waals surface area contributed by atoms with Gasteiger partial charge in [-0.05, 0) is 36.1 Å². The highest BCUT2D eigenvalue weighted by molar-refractivity contribution is 5.53. The third-order valence-electron chi connectivity index (χ3n) is 4.06. The van der Waals surface area contributed by atoms with E-state index in [-0.39, 0.29) is 0 Å². The Morgan fingerprint density at radius 3 is 1.80 bits per heavy atom. The summed E-state index contributed by atoms with van der Waals surface area (Å²) in [6.45, 7) is 0. The molecule has 0 radical (unpaired) electrons. The van der Waals surface area contributed by atoms with Crippen LogP contribution in [0.15, 0.2) is 42.5 Å². The molecule has 0 spiro atoms. The molecule has 0 atom stereocenters. The summed E-state index contributed by atoms with van der Waals surface area (Å²) >= 11 is 0. The van der Waals surface area contributed by atoms with Crippen LogP contribution in [0.4, 0.5) is 0 Å². The number of fused-ring (bicyclic) bond motifs is 1. The molecule has 0 saturated carbocycles. The molecule has 3 rings (SSSR count). The second-order valence-electron chi connectivity index (χ2n) is 5.32. The molecule has 0 heterocycles. The zero-order valence-electron chi connectivity index (χ0n) is 11.8. The third kappa shape index (κ3) is 1.95. The van der Waals surface area contributed by atoms with Crippen molar-refractivity contribution in [2.75, 3.05) is 14.2 Å². The summed E-state index contributed by atoms with van der Waals surface area (Å²) in [4.78, 5) is 0. The topological polar surface area (TPSA) is 44.5 Å². The summed E-state index contributed by atoms with van der Waals surface area (Å²) in [5.74, 6) is 1.58. The quantitative estimate of drug-likeness (QED) is 0.931. The standard InChI is InChI=1S/C17H19NO2/c1-19-14-8-5-9-15(20-2)16(14)17(18)10-12-6-3-4-7-13(12)11-17/h3-9H,10-11,18H2,1-2H3. The molecule has 0 unspecified atom stereocenters. The van der Waals surface area contributed by atoms with E-state index < -0.39 is 5.54 Å². The Hall–Kier alpha value is -2.00. The first-order valence-corrected chi connectivity index (χ1v) is 6.75. The number of rotatable bonds is 3. The molecule has 20 heavy (non-hydrogen) atoms. The highest BCUT2D eigenvalue weighted by Crippen LogP contribution is 2.43. The molecule has 1 aliphatic rings. The third-order valence-corrected chi connectivity index (χ3v) is 4.06. The first kappa shape index (κ1) is 13.0. The number of hydrogen-bond donors (Lipinski definition) is 1. The number of hydrogen-bond acceptors (Lipinski definition) is 3. The van der Waals surface area contributed by atoms with E-state index in [0.717, 1.165) is 29.9 Å². The summed E-state index contributed by atoms with van der Waals surface area (Å²) in [5.41, 5.74) is 9.83. The molecule has 2 aromatic rings. The fraction of sp³-hybridized carbons (Fsp3) is 0.294. The molecule has 1 aliphatic carbocycles. The van der Waals surface area contributed by atoms with Gasteiger partial charge in [0.15, 0.2) is 0 Å². The van der Waals surface area contributed by atoms with Gasteiger partial charge < -0.3 is 15.2 Å². The SMILES string of the molecule is COc1cccc(OC)c1C1(N)Cc2ccccc2C1. The summed E-state index contributed by atoms with van der Waals surface area (Å²) in [6, 6.07) is 14.2. The van der Waals surface area contributed by atoms with Gasteiger partial charge in [-0.15, -0.1) is 0 Å². The van der Waals surface area contributed by atoms with Crippen molar-refractivity contribution in [1.82, 2.24) is 0 Å². The molecule has 0 amide bonds. The number of nitrogens with two attached hydrogens (primary N) is 1. The fourth-order valence-corrected chi connectivity index (χ4v) is 3.16. The molecule has 2 N–H and O–H groups in total. The van der Waals surface area contributed by atoms with Crippen molar-refractivity contribution in [1.29, 1.82) is 0 Å². The van der Waals surface area contributed by atoms with E-state index in [1.807, 2.05) is 18.2 Å². The van der Waals surface area contributed by atoms with Crippen LogP contribution in [0.2, 0.25) is 0 Å². The molecule has 3 nitrogen and oxygen atoms in total. The minimum atomic E-state index is -0.471. The minimum absolute atomic E-state index is 0.471. The van der Waals surface area contributed by atoms with E-state index in [1.54, 1.807) is 14.2 Å². The Morgan fingerprint density at radius 2 is 1.35 bits per heavy atom. The Kier molecular flexibility index (Phi) is 3.14. The highest BCUT2D eigenvalue weighted by atomic mass is 16.5. The van der Waals surface area contributed by atoms with Gasteiger partial charge in [0.1, 0.15) is 11.5 Å². The average Bonchev–Trinajstić information content (AvgIpc) is 2.83. The van der Waals surface area contributed by atoms with Gasteiger partial charge in [0, 0.05) is 0 Å². The number of methoxy groups -OCH3 is 2. The van der Waals surface area contributed by atoms with Gasteiger partial charge in [-0.25, -0.2) is 0 Å². The molecular weight excluding hydrogens is 250 g/mol. The normalized spacial score (nSPS) is 15.8. The summed E-state index contributed by atoms with van der Waals surface area (Å²) in [5, 5.41) is 0. The van der Waals surface area contributed by atoms with Crippen LogP contribution in [0.5, 0.6) is 11.5 Å². The molecule has 104 valence electrons. The first-order chi connectivity index (χ1) is 9.68. The van der Waals surface area contributed by atoms with Gasteiger partial charge in [-0.1, -0.05) is 30.3 Å². The molecule has 0 aromatic heterocycles. The molecule has 0 fully saturated rings. The monoisotopic (exact) mass is 269 g/mol. The number of benzene rings is 2. The van der Waals surface area contributed by atoms with Crippen molar-refractivity contribution in [2.45, 2.75) is 18.4 Å². The minimum Gasteiger partial charge on any atom is -0.496 e. The largest absolute Gasteiger partial charge is 0.496 e. The van der Waals surface area contributed by atoms with Crippen LogP contribution in [-0.2, 0) is 18.4 Å². The van der Waals surface area contributed by atoms with Gasteiger partial charge in [-0.2, -0.15) is 0 Å². The summed E-state index contributed by atoms with van der Waals surface area (Å²) in [7, 11) is 3.34. The van der Waals surface area contributed by atoms with Crippen LogP contribution < -0.4 is 15.2 Å². The smallest absolute Gasteiger partial charge is 0.127 e. The van der Waals surface area contributed by atoms with Crippen molar-refractivity contribution in [3.05, 3.63) is 59.2 Å². The fourth-order valence-electron chi connectivity index (χ4n) is 3.16. The summed E-state index contributed by atoms with van der Waals surface area (Å²) < 4.78 is 11.0. The van der Waals surface area contributed by atoms with Crippen molar-refractivity contribution < 1.29 is 9.47 Å². The molecule has 0 bridgehead atoms. The highest BCUT2D eigenvalue weighted by Gasteiger charge is 2.39. The van der Waals surface area contributed by atoms with Crippen molar-refractivity contribution in [2.24, 2.45) is 5.73 Å². The lowest BCUT2D eigenvalue weighted by Gasteiger charge is -2.28. The van der Waals surface area contributed by atoms with E-state index in [9.17, 15) is 0 Å². The predicted molar refractivity (Wildman–Crippen MR) is 79.3 cm³/mol. The lowest BCUT2D eigenvalue weighted by Crippen LogP contribution is -2.38. The Morgan fingerprint density at radius 1 is 0.850 bits per heavy atom. The summed E-state index contributed by atoms with van der Waals surface area (Å²) in [6.07, 6.45) is 1.61. The first-order valence-electron chi connectivity index (χ1n) is 6.75. The van der Waals surface area contributed by atoms with Crippen molar-refractivity contribution in [3.8, 4) is 11.5 Å². The molecule has 3 heteroatoms. The second-order valence-corrected chi connectivity index (χ2v) is 5.32.